The lowest BCUT2D eigenvalue weighted by molar-refractivity contribution is 0.100. The Morgan fingerprint density at radius 1 is 1.06 bits per heavy atom. The molecule has 1 aromatic heterocycles. The van der Waals surface area contributed by atoms with Gasteiger partial charge in [0, 0.05) is 24.0 Å². The van der Waals surface area contributed by atoms with E-state index in [-0.39, 0.29) is 23.4 Å². The Balaban J connectivity index is 1.60. The zero-order chi connectivity index (χ0) is 21.8. The number of primary amides is 1. The normalized spacial score (nSPS) is 18.4. The first-order valence-corrected chi connectivity index (χ1v) is 10.3. The number of carbonyl (C=O) groups is 1. The first-order valence-electron chi connectivity index (χ1n) is 10.3. The van der Waals surface area contributed by atoms with Crippen LogP contribution < -0.4 is 22.1 Å². The molecule has 2 aromatic carbocycles. The number of amides is 1. The monoisotopic (exact) mass is 418 g/mol. The highest BCUT2D eigenvalue weighted by Gasteiger charge is 2.23. The van der Waals surface area contributed by atoms with E-state index in [1.54, 1.807) is 12.1 Å². The first kappa shape index (κ1) is 20.6. The lowest BCUT2D eigenvalue weighted by Gasteiger charge is -2.29. The SMILES string of the molecule is NC(=O)c1cnc(NC2CCCCC2N)nc1Nc1cccc(-c2ccc(O)cc2)c1. The molecule has 8 heteroatoms. The van der Waals surface area contributed by atoms with Crippen molar-refractivity contribution in [3.8, 4) is 16.9 Å². The third-order valence-corrected chi connectivity index (χ3v) is 5.51. The highest BCUT2D eigenvalue weighted by molar-refractivity contribution is 5.98. The van der Waals surface area contributed by atoms with Gasteiger partial charge in [-0.3, -0.25) is 4.79 Å². The molecule has 2 unspecified atom stereocenters. The van der Waals surface area contributed by atoms with Crippen molar-refractivity contribution in [2.75, 3.05) is 10.6 Å². The maximum atomic E-state index is 11.9. The molecule has 1 saturated carbocycles. The molecule has 1 heterocycles. The van der Waals surface area contributed by atoms with E-state index in [9.17, 15) is 9.90 Å². The summed E-state index contributed by atoms with van der Waals surface area (Å²) in [5.74, 6) is 0.336. The van der Waals surface area contributed by atoms with Crippen LogP contribution in [-0.4, -0.2) is 33.1 Å². The van der Waals surface area contributed by atoms with Crippen LogP contribution in [-0.2, 0) is 0 Å². The van der Waals surface area contributed by atoms with Gasteiger partial charge in [0.1, 0.15) is 17.1 Å². The number of hydrogen-bond donors (Lipinski definition) is 5. The molecule has 7 N–H and O–H groups in total. The molecule has 1 fully saturated rings. The molecule has 8 nitrogen and oxygen atoms in total. The molecule has 1 aliphatic rings. The van der Waals surface area contributed by atoms with Gasteiger partial charge in [0.25, 0.3) is 5.91 Å². The first-order chi connectivity index (χ1) is 15.0. The Hall–Kier alpha value is -3.65. The van der Waals surface area contributed by atoms with Crippen molar-refractivity contribution in [2.24, 2.45) is 11.5 Å². The van der Waals surface area contributed by atoms with Gasteiger partial charge in [-0.25, -0.2) is 4.98 Å². The van der Waals surface area contributed by atoms with E-state index in [0.29, 0.717) is 11.8 Å². The zero-order valence-electron chi connectivity index (χ0n) is 17.1. The molecule has 31 heavy (non-hydrogen) atoms. The average molecular weight is 419 g/mol. The summed E-state index contributed by atoms with van der Waals surface area (Å²) in [7, 11) is 0. The molecule has 1 amide bonds. The lowest BCUT2D eigenvalue weighted by atomic mass is 9.91. The molecule has 0 spiro atoms. The van der Waals surface area contributed by atoms with Crippen LogP contribution in [0.3, 0.4) is 0 Å². The van der Waals surface area contributed by atoms with Crippen molar-refractivity contribution in [2.45, 2.75) is 37.8 Å². The molecule has 3 aromatic rings. The van der Waals surface area contributed by atoms with E-state index in [2.05, 4.69) is 20.6 Å². The molecule has 2 atom stereocenters. The number of aromatic hydroxyl groups is 1. The minimum absolute atomic E-state index is 0.0477. The number of rotatable bonds is 6. The predicted molar refractivity (Wildman–Crippen MR) is 121 cm³/mol. The summed E-state index contributed by atoms with van der Waals surface area (Å²) in [6.07, 6.45) is 5.59. The van der Waals surface area contributed by atoms with Gasteiger partial charge in [-0.05, 0) is 48.2 Å². The summed E-state index contributed by atoms with van der Waals surface area (Å²) in [6, 6.07) is 14.8. The summed E-state index contributed by atoms with van der Waals surface area (Å²) >= 11 is 0. The van der Waals surface area contributed by atoms with Crippen LogP contribution in [0, 0.1) is 0 Å². The van der Waals surface area contributed by atoms with Crippen LogP contribution >= 0.6 is 0 Å². The minimum atomic E-state index is -0.613. The van der Waals surface area contributed by atoms with E-state index < -0.39 is 5.91 Å². The van der Waals surface area contributed by atoms with Crippen LogP contribution in [0.5, 0.6) is 5.75 Å². The number of phenolic OH excluding ortho intramolecular Hbond substituents is 1. The third-order valence-electron chi connectivity index (χ3n) is 5.51. The molecule has 4 rings (SSSR count). The molecular weight excluding hydrogens is 392 g/mol. The number of nitrogens with zero attached hydrogens (tertiary/aromatic N) is 2. The van der Waals surface area contributed by atoms with Crippen molar-refractivity contribution in [1.29, 1.82) is 0 Å². The number of benzene rings is 2. The van der Waals surface area contributed by atoms with E-state index in [1.807, 2.05) is 36.4 Å². The van der Waals surface area contributed by atoms with Gasteiger partial charge in [0.05, 0.1) is 0 Å². The predicted octanol–water partition coefficient (Wildman–Crippen LogP) is 3.37. The molecule has 1 aliphatic carbocycles. The number of carbonyl (C=O) groups excluding carboxylic acids is 1. The highest BCUT2D eigenvalue weighted by atomic mass is 16.3. The second-order valence-electron chi connectivity index (χ2n) is 7.77. The Morgan fingerprint density at radius 3 is 2.58 bits per heavy atom. The number of nitrogens with two attached hydrogens (primary N) is 2. The van der Waals surface area contributed by atoms with Crippen LogP contribution in [0.1, 0.15) is 36.0 Å². The minimum Gasteiger partial charge on any atom is -0.508 e. The standard InChI is InChI=1S/C23H26N6O2/c24-19-6-1-2-7-20(19)28-23-26-13-18(21(25)31)22(29-23)27-16-5-3-4-15(12-16)14-8-10-17(30)11-9-14/h3-5,8-13,19-20,30H,1-2,6-7,24H2,(H2,25,31)(H2,26,27,28,29). The Morgan fingerprint density at radius 2 is 1.84 bits per heavy atom. The summed E-state index contributed by atoms with van der Waals surface area (Å²) in [5, 5.41) is 16.0. The summed E-state index contributed by atoms with van der Waals surface area (Å²) in [4.78, 5) is 20.7. The third kappa shape index (κ3) is 4.92. The number of phenols is 1. The molecule has 0 saturated heterocycles. The van der Waals surface area contributed by atoms with Gasteiger partial charge in [-0.15, -0.1) is 0 Å². The van der Waals surface area contributed by atoms with Crippen LogP contribution in [0.15, 0.2) is 54.7 Å². The second kappa shape index (κ2) is 9.01. The van der Waals surface area contributed by atoms with Gasteiger partial charge in [0.2, 0.25) is 5.95 Å². The second-order valence-corrected chi connectivity index (χ2v) is 7.77. The van der Waals surface area contributed by atoms with Gasteiger partial charge in [0.15, 0.2) is 0 Å². The molecular formula is C23H26N6O2. The fraction of sp³-hybridized carbons (Fsp3) is 0.261. The van der Waals surface area contributed by atoms with Gasteiger partial charge in [-0.2, -0.15) is 4.98 Å². The number of nitrogens with one attached hydrogen (secondary N) is 2. The molecule has 0 aliphatic heterocycles. The fourth-order valence-corrected chi connectivity index (χ4v) is 3.80. The van der Waals surface area contributed by atoms with Crippen LogP contribution in [0.25, 0.3) is 11.1 Å². The van der Waals surface area contributed by atoms with Crippen LogP contribution in [0.2, 0.25) is 0 Å². The molecule has 160 valence electrons. The zero-order valence-corrected chi connectivity index (χ0v) is 17.1. The van der Waals surface area contributed by atoms with E-state index >= 15 is 0 Å². The summed E-state index contributed by atoms with van der Waals surface area (Å²) < 4.78 is 0. The van der Waals surface area contributed by atoms with E-state index in [4.69, 9.17) is 11.5 Å². The van der Waals surface area contributed by atoms with Crippen molar-refractivity contribution in [3.05, 3.63) is 60.3 Å². The highest BCUT2D eigenvalue weighted by Crippen LogP contribution is 2.27. The fourth-order valence-electron chi connectivity index (χ4n) is 3.80. The maximum absolute atomic E-state index is 11.9. The summed E-state index contributed by atoms with van der Waals surface area (Å²) in [6.45, 7) is 0. The van der Waals surface area contributed by atoms with Crippen molar-refractivity contribution >= 4 is 23.4 Å². The van der Waals surface area contributed by atoms with Crippen molar-refractivity contribution in [3.63, 3.8) is 0 Å². The molecule has 0 radical (unpaired) electrons. The largest absolute Gasteiger partial charge is 0.508 e. The van der Waals surface area contributed by atoms with Gasteiger partial charge >= 0.3 is 0 Å². The number of anilines is 3. The lowest BCUT2D eigenvalue weighted by Crippen LogP contribution is -2.43. The van der Waals surface area contributed by atoms with Crippen molar-refractivity contribution in [1.82, 2.24) is 9.97 Å². The summed E-state index contributed by atoms with van der Waals surface area (Å²) in [5.41, 5.74) is 14.6. The maximum Gasteiger partial charge on any atom is 0.254 e. The molecule has 0 bridgehead atoms. The number of aromatic nitrogens is 2. The Bertz CT molecular complexity index is 1070. The van der Waals surface area contributed by atoms with Gasteiger partial charge in [-0.1, -0.05) is 37.1 Å². The van der Waals surface area contributed by atoms with Gasteiger partial charge < -0.3 is 27.2 Å². The van der Waals surface area contributed by atoms with E-state index in [1.165, 1.54) is 6.20 Å². The quantitative estimate of drug-likeness (QED) is 0.413. The van der Waals surface area contributed by atoms with E-state index in [0.717, 1.165) is 42.5 Å². The Kier molecular flexibility index (Phi) is 5.99. The topological polar surface area (TPSA) is 139 Å². The number of hydrogen-bond acceptors (Lipinski definition) is 7. The smallest absolute Gasteiger partial charge is 0.254 e. The van der Waals surface area contributed by atoms with Crippen molar-refractivity contribution < 1.29 is 9.90 Å². The Labute approximate surface area is 180 Å². The average Bonchev–Trinajstić information content (AvgIpc) is 2.76. The van der Waals surface area contributed by atoms with Crippen LogP contribution in [0.4, 0.5) is 17.5 Å².